The summed E-state index contributed by atoms with van der Waals surface area (Å²) in [6, 6.07) is 0. The summed E-state index contributed by atoms with van der Waals surface area (Å²) in [5.41, 5.74) is 5.32. The molecule has 0 fully saturated rings. The average Bonchev–Trinajstić information content (AvgIpc) is 1.86. The highest BCUT2D eigenvalue weighted by Gasteiger charge is 2.15. The van der Waals surface area contributed by atoms with Crippen LogP contribution in [0.5, 0.6) is 0 Å². The summed E-state index contributed by atoms with van der Waals surface area (Å²) in [4.78, 5) is 3.48. The lowest BCUT2D eigenvalue weighted by atomic mass is 10.4. The molecule has 64 valence electrons. The first-order valence-corrected chi connectivity index (χ1v) is 5.04. The van der Waals surface area contributed by atoms with Gasteiger partial charge < -0.3 is 5.73 Å². The average molecular weight is 197 g/mol. The molecule has 0 aromatic carbocycles. The summed E-state index contributed by atoms with van der Waals surface area (Å²) < 4.78 is 21.4. The molecule has 4 nitrogen and oxygen atoms in total. The van der Waals surface area contributed by atoms with Gasteiger partial charge in [-0.15, -0.1) is 0 Å². The van der Waals surface area contributed by atoms with Crippen molar-refractivity contribution >= 4 is 25.4 Å². The summed E-state index contributed by atoms with van der Waals surface area (Å²) in [5, 5.41) is 0. The minimum Gasteiger partial charge on any atom is -0.403 e. The Balaban J connectivity index is 5.06. The van der Waals surface area contributed by atoms with Gasteiger partial charge in [-0.3, -0.25) is 4.99 Å². The fourth-order valence-corrected chi connectivity index (χ4v) is 1.58. The molecule has 0 aromatic heterocycles. The van der Waals surface area contributed by atoms with Gasteiger partial charge in [0, 0.05) is 23.9 Å². The fraction of sp³-hybridized carbons (Fsp3) is 0.400. The van der Waals surface area contributed by atoms with Gasteiger partial charge >= 0.3 is 0 Å². The van der Waals surface area contributed by atoms with E-state index in [0.717, 1.165) is 6.20 Å². The second-order valence-corrected chi connectivity index (χ2v) is 4.31. The Morgan fingerprint density at radius 1 is 1.64 bits per heavy atom. The maximum absolute atomic E-state index is 10.7. The van der Waals surface area contributed by atoms with Crippen LogP contribution in [0.15, 0.2) is 16.1 Å². The van der Waals surface area contributed by atoms with E-state index in [4.69, 9.17) is 16.4 Å². The molecule has 0 bridgehead atoms. The van der Waals surface area contributed by atoms with E-state index in [9.17, 15) is 8.42 Å². The molecule has 0 saturated heterocycles. The third kappa shape index (κ3) is 2.90. The minimum absolute atomic E-state index is 0.151. The van der Waals surface area contributed by atoms with Gasteiger partial charge in [-0.1, -0.05) is 0 Å². The first-order valence-electron chi connectivity index (χ1n) is 2.73. The third-order valence-corrected chi connectivity index (χ3v) is 2.56. The third-order valence-electron chi connectivity index (χ3n) is 1.11. The fourth-order valence-electron chi connectivity index (χ4n) is 0.488. The van der Waals surface area contributed by atoms with Crippen molar-refractivity contribution in [3.63, 3.8) is 0 Å². The van der Waals surface area contributed by atoms with Crippen molar-refractivity contribution in [3.05, 3.63) is 11.1 Å². The highest BCUT2D eigenvalue weighted by molar-refractivity contribution is 8.17. The molecule has 0 saturated carbocycles. The molecule has 11 heavy (non-hydrogen) atoms. The Labute approximate surface area is 70.2 Å². The molecule has 0 amide bonds. The smallest absolute Gasteiger partial charge is 0.264 e. The molecule has 0 radical (unpaired) electrons. The SMILES string of the molecule is CN=C(C)C(=CN)S(=O)(=O)Cl. The molecular weight excluding hydrogens is 188 g/mol. The summed E-state index contributed by atoms with van der Waals surface area (Å²) in [6.45, 7) is 1.51. The highest BCUT2D eigenvalue weighted by Crippen LogP contribution is 2.11. The van der Waals surface area contributed by atoms with E-state index in [1.807, 2.05) is 0 Å². The quantitative estimate of drug-likeness (QED) is 0.515. The van der Waals surface area contributed by atoms with E-state index < -0.39 is 9.05 Å². The topological polar surface area (TPSA) is 72.5 Å². The van der Waals surface area contributed by atoms with Gasteiger partial charge in [0.2, 0.25) is 0 Å². The zero-order chi connectivity index (χ0) is 9.07. The predicted octanol–water partition coefficient (Wildman–Crippen LogP) is 0.446. The Morgan fingerprint density at radius 3 is 2.18 bits per heavy atom. The second kappa shape index (κ2) is 3.73. The maximum atomic E-state index is 10.7. The minimum atomic E-state index is -3.75. The highest BCUT2D eigenvalue weighted by atomic mass is 35.7. The van der Waals surface area contributed by atoms with E-state index >= 15 is 0 Å². The second-order valence-electron chi connectivity index (χ2n) is 1.78. The van der Waals surface area contributed by atoms with Gasteiger partial charge in [0.25, 0.3) is 9.05 Å². The van der Waals surface area contributed by atoms with Crippen LogP contribution >= 0.6 is 10.7 Å². The largest absolute Gasteiger partial charge is 0.403 e. The Bertz CT molecular complexity index is 292. The van der Waals surface area contributed by atoms with Crippen LogP contribution in [0.25, 0.3) is 0 Å². The van der Waals surface area contributed by atoms with Crippen LogP contribution in [0.3, 0.4) is 0 Å². The Hall–Kier alpha value is -0.550. The molecule has 0 spiro atoms. The van der Waals surface area contributed by atoms with Crippen molar-refractivity contribution in [1.82, 2.24) is 0 Å². The normalized spacial score (nSPS) is 15.2. The first kappa shape index (κ1) is 10.4. The molecule has 6 heteroatoms. The van der Waals surface area contributed by atoms with Crippen molar-refractivity contribution in [2.24, 2.45) is 10.7 Å². The van der Waals surface area contributed by atoms with Gasteiger partial charge in [-0.2, -0.15) is 0 Å². The maximum Gasteiger partial charge on any atom is 0.264 e. The zero-order valence-electron chi connectivity index (χ0n) is 6.20. The Morgan fingerprint density at radius 2 is 2.09 bits per heavy atom. The summed E-state index contributed by atoms with van der Waals surface area (Å²) in [5.74, 6) is 0. The Kier molecular flexibility index (Phi) is 3.54. The van der Waals surface area contributed by atoms with Gasteiger partial charge in [-0.25, -0.2) is 8.42 Å². The summed E-state index contributed by atoms with van der Waals surface area (Å²) >= 11 is 0. The van der Waals surface area contributed by atoms with Crippen LogP contribution in [0.1, 0.15) is 6.92 Å². The van der Waals surface area contributed by atoms with E-state index in [2.05, 4.69) is 4.99 Å². The first-order chi connectivity index (χ1) is 4.93. The number of allylic oxidation sites excluding steroid dienone is 1. The zero-order valence-corrected chi connectivity index (χ0v) is 7.78. The molecule has 0 heterocycles. The van der Waals surface area contributed by atoms with Gasteiger partial charge in [0.05, 0.1) is 5.71 Å². The number of nitrogens with two attached hydrogens (primary N) is 1. The van der Waals surface area contributed by atoms with Gasteiger partial charge in [0.1, 0.15) is 4.91 Å². The molecule has 0 aliphatic heterocycles. The lowest BCUT2D eigenvalue weighted by molar-refractivity contribution is 0.616. The van der Waals surface area contributed by atoms with E-state index in [-0.39, 0.29) is 4.91 Å². The van der Waals surface area contributed by atoms with Crippen LogP contribution in [0.2, 0.25) is 0 Å². The standard InChI is InChI=1S/C5H9ClN2O2S/c1-4(8-2)5(3-7)11(6,9)10/h3H,7H2,1-2H3. The number of hydrogen-bond acceptors (Lipinski definition) is 4. The number of halogens is 1. The lowest BCUT2D eigenvalue weighted by Gasteiger charge is -1.98. The summed E-state index contributed by atoms with van der Waals surface area (Å²) in [6.07, 6.45) is 0.921. The lowest BCUT2D eigenvalue weighted by Crippen LogP contribution is -2.07. The molecule has 0 aromatic rings. The van der Waals surface area contributed by atoms with Crippen LogP contribution < -0.4 is 5.73 Å². The van der Waals surface area contributed by atoms with Crippen molar-refractivity contribution < 1.29 is 8.42 Å². The molecular formula is C5H9ClN2O2S. The van der Waals surface area contributed by atoms with Crippen molar-refractivity contribution in [2.45, 2.75) is 6.92 Å². The van der Waals surface area contributed by atoms with Crippen molar-refractivity contribution in [1.29, 1.82) is 0 Å². The van der Waals surface area contributed by atoms with Gasteiger partial charge in [0.15, 0.2) is 0 Å². The summed E-state index contributed by atoms with van der Waals surface area (Å²) in [7, 11) is 2.73. The monoisotopic (exact) mass is 196 g/mol. The number of aliphatic imine (C=N–C) groups is 1. The van der Waals surface area contributed by atoms with Gasteiger partial charge in [-0.05, 0) is 6.92 Å². The van der Waals surface area contributed by atoms with E-state index in [1.165, 1.54) is 14.0 Å². The predicted molar refractivity (Wildman–Crippen MR) is 46.1 cm³/mol. The van der Waals surface area contributed by atoms with Crippen LogP contribution in [-0.4, -0.2) is 21.2 Å². The molecule has 0 aliphatic carbocycles. The van der Waals surface area contributed by atoms with Crippen molar-refractivity contribution in [3.8, 4) is 0 Å². The molecule has 0 atom stereocenters. The number of hydrogen-bond donors (Lipinski definition) is 1. The van der Waals surface area contributed by atoms with Crippen molar-refractivity contribution in [2.75, 3.05) is 7.05 Å². The van der Waals surface area contributed by atoms with E-state index in [1.54, 1.807) is 0 Å². The molecule has 2 N–H and O–H groups in total. The molecule has 0 aliphatic rings. The van der Waals surface area contributed by atoms with E-state index in [0.29, 0.717) is 5.71 Å². The van der Waals surface area contributed by atoms with Crippen LogP contribution in [-0.2, 0) is 9.05 Å². The molecule has 0 rings (SSSR count). The van der Waals surface area contributed by atoms with Crippen LogP contribution in [0.4, 0.5) is 0 Å². The molecule has 0 unspecified atom stereocenters. The number of rotatable bonds is 2. The number of nitrogens with zero attached hydrogens (tertiary/aromatic N) is 1. The van der Waals surface area contributed by atoms with Crippen LogP contribution in [0, 0.1) is 0 Å².